The lowest BCUT2D eigenvalue weighted by Gasteiger charge is -2.13. The topological polar surface area (TPSA) is 81.5 Å². The van der Waals surface area contributed by atoms with Gasteiger partial charge in [-0.15, -0.1) is 11.8 Å². The van der Waals surface area contributed by atoms with E-state index in [4.69, 9.17) is 4.74 Å². The second-order valence-corrected chi connectivity index (χ2v) is 6.91. The number of rotatable bonds is 7. The number of para-hydroxylation sites is 1. The molecular weight excluding hydrogens is 336 g/mol. The molecular formula is C15H16N2O4S2. The number of nitro groups is 1. The quantitative estimate of drug-likeness (QED) is 0.469. The Balaban J connectivity index is 1.95. The Morgan fingerprint density at radius 1 is 1.43 bits per heavy atom. The van der Waals surface area contributed by atoms with Crippen molar-refractivity contribution < 1.29 is 14.5 Å². The molecule has 0 spiro atoms. The number of nitrogens with one attached hydrogen (secondary N) is 1. The molecule has 1 aromatic heterocycles. The molecule has 1 N–H and O–H groups in total. The Labute approximate surface area is 142 Å². The summed E-state index contributed by atoms with van der Waals surface area (Å²) in [6, 6.07) is 9.10. The fraction of sp³-hybridized carbons (Fsp3) is 0.267. The average Bonchev–Trinajstić information content (AvgIpc) is 3.01. The standard InChI is InChI=1S/C15H16N2O4S2/c1-10(23-13-7-8-22-15(13)17(19)20)14(18)16-9-11-5-3-4-6-12(11)21-2/h3-8,10H,9H2,1-2H3,(H,16,18)/t10-/m0/s1. The van der Waals surface area contributed by atoms with Gasteiger partial charge in [-0.05, 0) is 24.4 Å². The number of ether oxygens (including phenoxy) is 1. The van der Waals surface area contributed by atoms with E-state index in [2.05, 4.69) is 5.32 Å². The molecule has 0 aliphatic carbocycles. The van der Waals surface area contributed by atoms with Crippen LogP contribution >= 0.6 is 23.1 Å². The zero-order valence-electron chi connectivity index (χ0n) is 12.6. The van der Waals surface area contributed by atoms with E-state index in [-0.39, 0.29) is 10.9 Å². The Bertz CT molecular complexity index is 702. The fourth-order valence-corrected chi connectivity index (χ4v) is 3.80. The van der Waals surface area contributed by atoms with Crippen LogP contribution in [0.15, 0.2) is 40.6 Å². The Hall–Kier alpha value is -2.06. The van der Waals surface area contributed by atoms with Crippen molar-refractivity contribution in [3.8, 4) is 5.75 Å². The molecule has 1 aromatic carbocycles. The Morgan fingerprint density at radius 2 is 2.17 bits per heavy atom. The minimum atomic E-state index is -0.432. The number of benzene rings is 1. The first-order valence-electron chi connectivity index (χ1n) is 6.81. The lowest BCUT2D eigenvalue weighted by Crippen LogP contribution is -2.30. The maximum absolute atomic E-state index is 12.2. The predicted molar refractivity (Wildman–Crippen MR) is 91.1 cm³/mol. The van der Waals surface area contributed by atoms with Crippen molar-refractivity contribution in [1.29, 1.82) is 0 Å². The van der Waals surface area contributed by atoms with E-state index < -0.39 is 10.2 Å². The Kier molecular flexibility index (Phi) is 6.00. The molecule has 0 unspecified atom stereocenters. The minimum absolute atomic E-state index is 0.0689. The summed E-state index contributed by atoms with van der Waals surface area (Å²) < 4.78 is 5.24. The summed E-state index contributed by atoms with van der Waals surface area (Å²) in [7, 11) is 1.58. The molecule has 0 fully saturated rings. The van der Waals surface area contributed by atoms with Gasteiger partial charge in [-0.25, -0.2) is 0 Å². The molecule has 0 saturated carbocycles. The van der Waals surface area contributed by atoms with Gasteiger partial charge in [-0.2, -0.15) is 0 Å². The van der Waals surface area contributed by atoms with Gasteiger partial charge in [0.1, 0.15) is 5.75 Å². The fourth-order valence-electron chi connectivity index (χ4n) is 1.93. The van der Waals surface area contributed by atoms with Gasteiger partial charge in [-0.1, -0.05) is 29.5 Å². The number of hydrogen-bond acceptors (Lipinski definition) is 6. The molecule has 0 aliphatic heterocycles. The molecule has 2 rings (SSSR count). The van der Waals surface area contributed by atoms with E-state index in [9.17, 15) is 14.9 Å². The molecule has 6 nitrogen and oxygen atoms in total. The van der Waals surface area contributed by atoms with Crippen LogP contribution in [0.4, 0.5) is 5.00 Å². The summed E-state index contributed by atoms with van der Waals surface area (Å²) in [5.74, 6) is 0.531. The van der Waals surface area contributed by atoms with E-state index in [1.54, 1.807) is 25.5 Å². The van der Waals surface area contributed by atoms with E-state index in [0.717, 1.165) is 16.9 Å². The van der Waals surface area contributed by atoms with Gasteiger partial charge in [-0.3, -0.25) is 14.9 Å². The van der Waals surface area contributed by atoms with Crippen molar-refractivity contribution in [1.82, 2.24) is 5.32 Å². The Morgan fingerprint density at radius 3 is 2.87 bits per heavy atom. The van der Waals surface area contributed by atoms with E-state index in [1.165, 1.54) is 11.8 Å². The first-order chi connectivity index (χ1) is 11.0. The highest BCUT2D eigenvalue weighted by molar-refractivity contribution is 8.00. The molecule has 1 atom stereocenters. The predicted octanol–water partition coefficient (Wildman–Crippen LogP) is 3.46. The van der Waals surface area contributed by atoms with E-state index in [0.29, 0.717) is 17.2 Å². The van der Waals surface area contributed by atoms with Crippen LogP contribution < -0.4 is 10.1 Å². The monoisotopic (exact) mass is 352 g/mol. The summed E-state index contributed by atoms with van der Waals surface area (Å²) in [6.07, 6.45) is 0. The first kappa shape index (κ1) is 17.3. The van der Waals surface area contributed by atoms with Crippen LogP contribution in [0.5, 0.6) is 5.75 Å². The molecule has 1 heterocycles. The molecule has 0 aliphatic rings. The van der Waals surface area contributed by atoms with Crippen LogP contribution in [0.2, 0.25) is 0 Å². The highest BCUT2D eigenvalue weighted by Crippen LogP contribution is 2.36. The summed E-state index contributed by atoms with van der Waals surface area (Å²) in [6.45, 7) is 2.07. The number of thiophene rings is 1. The average molecular weight is 352 g/mol. The number of nitrogens with zero attached hydrogens (tertiary/aromatic N) is 1. The number of carbonyl (C=O) groups is 1. The van der Waals surface area contributed by atoms with Crippen LogP contribution in [0.3, 0.4) is 0 Å². The van der Waals surface area contributed by atoms with Crippen LogP contribution in [-0.2, 0) is 11.3 Å². The second-order valence-electron chi connectivity index (χ2n) is 4.64. The molecule has 8 heteroatoms. The van der Waals surface area contributed by atoms with Crippen molar-refractivity contribution >= 4 is 34.0 Å². The molecule has 0 saturated heterocycles. The summed E-state index contributed by atoms with van der Waals surface area (Å²) in [5.41, 5.74) is 0.877. The summed E-state index contributed by atoms with van der Waals surface area (Å²) >= 11 is 2.24. The zero-order valence-corrected chi connectivity index (χ0v) is 14.3. The van der Waals surface area contributed by atoms with Crippen LogP contribution in [0.25, 0.3) is 0 Å². The molecule has 0 radical (unpaired) electrons. The summed E-state index contributed by atoms with van der Waals surface area (Å²) in [5, 5.41) is 15.0. The van der Waals surface area contributed by atoms with Crippen molar-refractivity contribution in [2.45, 2.75) is 23.6 Å². The lowest BCUT2D eigenvalue weighted by atomic mass is 10.2. The normalized spacial score (nSPS) is 11.7. The molecule has 23 heavy (non-hydrogen) atoms. The number of hydrogen-bond donors (Lipinski definition) is 1. The van der Waals surface area contributed by atoms with E-state index in [1.807, 2.05) is 24.3 Å². The lowest BCUT2D eigenvalue weighted by molar-refractivity contribution is -0.382. The van der Waals surface area contributed by atoms with Crippen LogP contribution in [0.1, 0.15) is 12.5 Å². The van der Waals surface area contributed by atoms with Crippen LogP contribution in [0, 0.1) is 10.1 Å². The second kappa shape index (κ2) is 7.98. The van der Waals surface area contributed by atoms with Gasteiger partial charge in [0.05, 0.1) is 22.2 Å². The largest absolute Gasteiger partial charge is 0.496 e. The smallest absolute Gasteiger partial charge is 0.337 e. The maximum Gasteiger partial charge on any atom is 0.337 e. The van der Waals surface area contributed by atoms with Gasteiger partial charge in [0, 0.05) is 12.1 Å². The third-order valence-corrected chi connectivity index (χ3v) is 5.24. The number of thioether (sulfide) groups is 1. The van der Waals surface area contributed by atoms with Crippen LogP contribution in [-0.4, -0.2) is 23.2 Å². The summed E-state index contributed by atoms with van der Waals surface area (Å²) in [4.78, 5) is 23.2. The minimum Gasteiger partial charge on any atom is -0.496 e. The molecule has 1 amide bonds. The van der Waals surface area contributed by atoms with Gasteiger partial charge >= 0.3 is 5.00 Å². The third-order valence-electron chi connectivity index (χ3n) is 3.09. The van der Waals surface area contributed by atoms with E-state index >= 15 is 0 Å². The molecule has 2 aromatic rings. The highest BCUT2D eigenvalue weighted by Gasteiger charge is 2.22. The number of carbonyl (C=O) groups excluding carboxylic acids is 1. The number of amides is 1. The van der Waals surface area contributed by atoms with Crippen molar-refractivity contribution in [3.63, 3.8) is 0 Å². The van der Waals surface area contributed by atoms with Crippen molar-refractivity contribution in [3.05, 3.63) is 51.4 Å². The zero-order chi connectivity index (χ0) is 16.8. The molecule has 0 bridgehead atoms. The van der Waals surface area contributed by atoms with Crippen molar-refractivity contribution in [2.24, 2.45) is 0 Å². The van der Waals surface area contributed by atoms with Gasteiger partial charge in [0.25, 0.3) is 0 Å². The SMILES string of the molecule is COc1ccccc1CNC(=O)[C@H](C)Sc1ccsc1[N+](=O)[O-]. The third kappa shape index (κ3) is 4.46. The van der Waals surface area contributed by atoms with Gasteiger partial charge < -0.3 is 10.1 Å². The highest BCUT2D eigenvalue weighted by atomic mass is 32.2. The van der Waals surface area contributed by atoms with Crippen molar-refractivity contribution in [2.75, 3.05) is 7.11 Å². The first-order valence-corrected chi connectivity index (χ1v) is 8.57. The number of methoxy groups -OCH3 is 1. The van der Waals surface area contributed by atoms with Gasteiger partial charge in [0.15, 0.2) is 0 Å². The maximum atomic E-state index is 12.2. The van der Waals surface area contributed by atoms with Gasteiger partial charge in [0.2, 0.25) is 5.91 Å². The molecule has 122 valence electrons.